The predicted octanol–water partition coefficient (Wildman–Crippen LogP) is 5.60. The van der Waals surface area contributed by atoms with Crippen LogP contribution in [0, 0.1) is 11.3 Å². The number of hydrogen-bond donors (Lipinski definition) is 3. The zero-order valence-electron chi connectivity index (χ0n) is 17.1. The van der Waals surface area contributed by atoms with E-state index in [4.69, 9.17) is 28.5 Å². The maximum Gasteiger partial charge on any atom is 0.416 e. The van der Waals surface area contributed by atoms with Gasteiger partial charge in [0.1, 0.15) is 11.5 Å². The lowest BCUT2D eigenvalue weighted by Crippen LogP contribution is -2.15. The smallest absolute Gasteiger partial charge is 0.323 e. The van der Waals surface area contributed by atoms with Crippen molar-refractivity contribution in [3.8, 4) is 6.07 Å². The molecular weight excluding hydrogens is 496 g/mol. The number of nitrogens with zero attached hydrogens (tertiary/aromatic N) is 5. The van der Waals surface area contributed by atoms with Gasteiger partial charge in [-0.15, -0.1) is 0 Å². The summed E-state index contributed by atoms with van der Waals surface area (Å²) < 4.78 is 38.5. The molecule has 4 heterocycles. The second kappa shape index (κ2) is 10.3. The van der Waals surface area contributed by atoms with Crippen LogP contribution in [-0.2, 0) is 6.18 Å². The maximum absolute atomic E-state index is 12.8. The summed E-state index contributed by atoms with van der Waals surface area (Å²) in [6.45, 7) is 1.43. The first kappa shape index (κ1) is 24.7. The third-order valence-electron chi connectivity index (χ3n) is 4.03. The van der Waals surface area contributed by atoms with E-state index in [1.54, 1.807) is 6.07 Å². The molecule has 34 heavy (non-hydrogen) atoms. The highest BCUT2D eigenvalue weighted by molar-refractivity contribution is 6.39. The Morgan fingerprint density at radius 1 is 1.15 bits per heavy atom. The van der Waals surface area contributed by atoms with E-state index in [2.05, 4.69) is 35.6 Å². The molecule has 0 spiro atoms. The van der Waals surface area contributed by atoms with Crippen molar-refractivity contribution in [2.24, 2.45) is 0 Å². The highest BCUT2D eigenvalue weighted by Gasteiger charge is 2.31. The Hall–Kier alpha value is -3.95. The van der Waals surface area contributed by atoms with Gasteiger partial charge in [0.2, 0.25) is 5.95 Å². The maximum atomic E-state index is 12.8. The minimum Gasteiger partial charge on any atom is -0.323 e. The first-order chi connectivity index (χ1) is 16.1. The predicted molar refractivity (Wildman–Crippen MR) is 120 cm³/mol. The van der Waals surface area contributed by atoms with E-state index in [9.17, 15) is 18.0 Å². The van der Waals surface area contributed by atoms with Gasteiger partial charge in [0.25, 0.3) is 5.91 Å². The Kier molecular flexibility index (Phi) is 7.50. The molecule has 0 saturated carbocycles. The van der Waals surface area contributed by atoms with Crippen LogP contribution < -0.4 is 10.6 Å². The van der Waals surface area contributed by atoms with Crippen molar-refractivity contribution < 1.29 is 18.0 Å². The number of hydrogen-bond acceptors (Lipinski definition) is 7. The van der Waals surface area contributed by atoms with Gasteiger partial charge in [-0.05, 0) is 18.2 Å². The molecule has 3 N–H and O–H groups in total. The number of carbonyl (C=O) groups excluding carboxylic acids is 1. The molecule has 0 bridgehead atoms. The Bertz CT molecular complexity index is 1360. The molecule has 0 radical (unpaired) electrons. The molecule has 0 unspecified atom stereocenters. The van der Waals surface area contributed by atoms with Gasteiger partial charge in [-0.25, -0.2) is 15.0 Å². The van der Waals surface area contributed by atoms with Crippen molar-refractivity contribution in [3.05, 3.63) is 64.3 Å². The molecule has 4 aromatic heterocycles. The van der Waals surface area contributed by atoms with Crippen LogP contribution in [0.3, 0.4) is 0 Å². The SMILES string of the molecule is CC#N.O=C(Nc1cc(C(F)(F)F)ccn1)c1cc2nc(Nc3c(Cl)cncc3Cl)[nH]c2cn1. The Balaban J connectivity index is 0.00000103. The summed E-state index contributed by atoms with van der Waals surface area (Å²) >= 11 is 12.1. The number of nitrogens with one attached hydrogen (secondary N) is 3. The summed E-state index contributed by atoms with van der Waals surface area (Å²) in [5.41, 5.74) is 0.264. The van der Waals surface area contributed by atoms with Crippen molar-refractivity contribution in [2.45, 2.75) is 13.1 Å². The van der Waals surface area contributed by atoms with Gasteiger partial charge in [-0.2, -0.15) is 18.4 Å². The number of imidazole rings is 1. The lowest BCUT2D eigenvalue weighted by Gasteiger charge is -2.08. The number of fused-ring (bicyclic) bond motifs is 1. The van der Waals surface area contributed by atoms with Gasteiger partial charge in [0, 0.05) is 25.5 Å². The zero-order valence-corrected chi connectivity index (χ0v) is 18.6. The molecule has 4 rings (SSSR count). The van der Waals surface area contributed by atoms with Gasteiger partial charge in [0.05, 0.1) is 44.6 Å². The zero-order chi connectivity index (χ0) is 24.9. The number of anilines is 3. The summed E-state index contributed by atoms with van der Waals surface area (Å²) in [6.07, 6.45) is 0.570. The number of rotatable bonds is 4. The average molecular weight is 509 g/mol. The van der Waals surface area contributed by atoms with Crippen LogP contribution in [0.15, 0.2) is 43.0 Å². The van der Waals surface area contributed by atoms with Crippen LogP contribution in [0.4, 0.5) is 30.6 Å². The van der Waals surface area contributed by atoms with Gasteiger partial charge >= 0.3 is 6.18 Å². The molecule has 0 aliphatic carbocycles. The molecular formula is C20H13Cl2F3N8O. The van der Waals surface area contributed by atoms with Crippen molar-refractivity contribution in [1.29, 1.82) is 5.26 Å². The lowest BCUT2D eigenvalue weighted by atomic mass is 10.2. The van der Waals surface area contributed by atoms with Crippen molar-refractivity contribution in [1.82, 2.24) is 24.9 Å². The third-order valence-corrected chi connectivity index (χ3v) is 4.60. The summed E-state index contributed by atoms with van der Waals surface area (Å²) in [4.78, 5) is 31.3. The van der Waals surface area contributed by atoms with E-state index in [0.717, 1.165) is 18.3 Å². The number of aromatic nitrogens is 5. The van der Waals surface area contributed by atoms with Gasteiger partial charge < -0.3 is 15.6 Å². The summed E-state index contributed by atoms with van der Waals surface area (Å²) in [5.74, 6) is -0.719. The number of carbonyl (C=O) groups is 1. The van der Waals surface area contributed by atoms with Crippen molar-refractivity contribution >= 4 is 57.6 Å². The first-order valence-electron chi connectivity index (χ1n) is 9.19. The average Bonchev–Trinajstić information content (AvgIpc) is 3.18. The number of amides is 1. The highest BCUT2D eigenvalue weighted by Crippen LogP contribution is 2.32. The van der Waals surface area contributed by atoms with Crippen LogP contribution >= 0.6 is 23.2 Å². The number of halogens is 5. The van der Waals surface area contributed by atoms with Crippen LogP contribution in [0.5, 0.6) is 0 Å². The van der Waals surface area contributed by atoms with Crippen molar-refractivity contribution in [3.63, 3.8) is 0 Å². The van der Waals surface area contributed by atoms with Crippen molar-refractivity contribution in [2.75, 3.05) is 10.6 Å². The van der Waals surface area contributed by atoms with Gasteiger partial charge in [-0.1, -0.05) is 23.2 Å². The van der Waals surface area contributed by atoms with Crippen LogP contribution in [0.1, 0.15) is 23.0 Å². The van der Waals surface area contributed by atoms with Crippen LogP contribution in [0.25, 0.3) is 11.0 Å². The monoisotopic (exact) mass is 508 g/mol. The standard InChI is InChI=1S/C18H10Cl2F3N7O.C2H3N/c19-9-5-24-6-10(20)15(9)30-17-27-11-4-12(26-7-13(11)28-17)16(31)29-14-3-8(1-2-25-14)18(21,22)23;1-2-3/h1-7H,(H,25,29,31)(H2,24,27,28,30);1H3. The van der Waals surface area contributed by atoms with E-state index in [1.165, 1.54) is 31.6 Å². The van der Waals surface area contributed by atoms with E-state index in [-0.39, 0.29) is 27.5 Å². The lowest BCUT2D eigenvalue weighted by molar-refractivity contribution is -0.137. The van der Waals surface area contributed by atoms with E-state index < -0.39 is 17.6 Å². The van der Waals surface area contributed by atoms with Gasteiger partial charge in [-0.3, -0.25) is 9.78 Å². The second-order valence-corrected chi connectivity index (χ2v) is 7.19. The minimum absolute atomic E-state index is 0.0651. The molecule has 9 nitrogen and oxygen atoms in total. The van der Waals surface area contributed by atoms with E-state index in [1.807, 2.05) is 0 Å². The molecule has 14 heteroatoms. The van der Waals surface area contributed by atoms with Crippen LogP contribution in [-0.4, -0.2) is 30.8 Å². The highest BCUT2D eigenvalue weighted by atomic mass is 35.5. The second-order valence-electron chi connectivity index (χ2n) is 6.38. The fourth-order valence-corrected chi connectivity index (χ4v) is 3.06. The largest absolute Gasteiger partial charge is 0.416 e. The summed E-state index contributed by atoms with van der Waals surface area (Å²) in [7, 11) is 0. The number of H-pyrrole nitrogens is 1. The number of alkyl halides is 3. The Morgan fingerprint density at radius 3 is 2.47 bits per heavy atom. The molecule has 4 aromatic rings. The summed E-state index contributed by atoms with van der Waals surface area (Å²) in [6, 6.07) is 4.66. The summed E-state index contributed by atoms with van der Waals surface area (Å²) in [5, 5.41) is 13.1. The fraction of sp³-hybridized carbons (Fsp3) is 0.100. The minimum atomic E-state index is -4.56. The first-order valence-corrected chi connectivity index (χ1v) is 9.95. The molecule has 174 valence electrons. The molecule has 0 fully saturated rings. The molecule has 1 amide bonds. The van der Waals surface area contributed by atoms with Gasteiger partial charge in [0.15, 0.2) is 0 Å². The quantitative estimate of drug-likeness (QED) is 0.326. The molecule has 0 aliphatic heterocycles. The Morgan fingerprint density at radius 2 is 1.82 bits per heavy atom. The van der Waals surface area contributed by atoms with E-state index in [0.29, 0.717) is 16.7 Å². The molecule has 0 atom stereocenters. The normalized spacial score (nSPS) is 10.7. The topological polar surface area (TPSA) is 132 Å². The number of nitriles is 1. The number of aromatic amines is 1. The molecule has 0 aromatic carbocycles. The van der Waals surface area contributed by atoms with Crippen LogP contribution in [0.2, 0.25) is 10.0 Å². The Labute approximate surface area is 200 Å². The molecule has 0 saturated heterocycles. The number of pyridine rings is 3. The fourth-order valence-electron chi connectivity index (χ4n) is 2.60. The van der Waals surface area contributed by atoms with E-state index >= 15 is 0 Å². The molecule has 0 aliphatic rings. The third kappa shape index (κ3) is 5.89.